The average Bonchev–Trinajstić information content (AvgIpc) is 2.28. The molecule has 0 saturated heterocycles. The van der Waals surface area contributed by atoms with Crippen LogP contribution >= 0.6 is 11.6 Å². The van der Waals surface area contributed by atoms with Crippen molar-refractivity contribution in [3.8, 4) is 11.5 Å². The molecule has 0 fully saturated rings. The first kappa shape index (κ1) is 11.6. The number of benzene rings is 1. The standard InChI is InChI=1S/C11H11ClO3/c1-14-10-4-3-8(7-11(10)15-2)9(13)5-6-12/h3-7H,1-2H3/b6-5+. The van der Waals surface area contributed by atoms with Crippen LogP contribution in [-0.2, 0) is 0 Å². The second kappa shape index (κ2) is 5.41. The maximum absolute atomic E-state index is 11.4. The molecule has 0 atom stereocenters. The molecular weight excluding hydrogens is 216 g/mol. The van der Waals surface area contributed by atoms with Gasteiger partial charge in [0, 0.05) is 11.1 Å². The van der Waals surface area contributed by atoms with Gasteiger partial charge >= 0.3 is 0 Å². The third-order valence-corrected chi connectivity index (χ3v) is 2.01. The Hall–Kier alpha value is -1.48. The van der Waals surface area contributed by atoms with Crippen LogP contribution in [0.3, 0.4) is 0 Å². The van der Waals surface area contributed by atoms with Crippen LogP contribution in [0.4, 0.5) is 0 Å². The van der Waals surface area contributed by atoms with Gasteiger partial charge in [0.25, 0.3) is 0 Å². The average molecular weight is 227 g/mol. The minimum Gasteiger partial charge on any atom is -0.493 e. The predicted octanol–water partition coefficient (Wildman–Crippen LogP) is 2.64. The maximum Gasteiger partial charge on any atom is 0.186 e. The minimum absolute atomic E-state index is 0.175. The van der Waals surface area contributed by atoms with E-state index in [0.717, 1.165) is 0 Å². The Morgan fingerprint density at radius 3 is 2.47 bits per heavy atom. The number of carbonyl (C=O) groups excluding carboxylic acids is 1. The van der Waals surface area contributed by atoms with E-state index in [1.807, 2.05) is 0 Å². The molecule has 0 aromatic heterocycles. The predicted molar refractivity (Wildman–Crippen MR) is 58.9 cm³/mol. The summed E-state index contributed by atoms with van der Waals surface area (Å²) in [6.07, 6.45) is 1.28. The first-order chi connectivity index (χ1) is 7.22. The van der Waals surface area contributed by atoms with E-state index in [4.69, 9.17) is 21.1 Å². The minimum atomic E-state index is -0.175. The van der Waals surface area contributed by atoms with Crippen molar-refractivity contribution in [1.82, 2.24) is 0 Å². The van der Waals surface area contributed by atoms with Crippen molar-refractivity contribution in [2.45, 2.75) is 0 Å². The van der Waals surface area contributed by atoms with E-state index < -0.39 is 0 Å². The molecular formula is C11H11ClO3. The second-order valence-corrected chi connectivity index (χ2v) is 2.98. The fourth-order valence-electron chi connectivity index (χ4n) is 1.14. The molecule has 15 heavy (non-hydrogen) atoms. The SMILES string of the molecule is COc1ccc(C(=O)/C=C/Cl)cc1OC. The highest BCUT2D eigenvalue weighted by Gasteiger charge is 2.07. The molecule has 1 aromatic rings. The van der Waals surface area contributed by atoms with Gasteiger partial charge in [-0.25, -0.2) is 0 Å². The Bertz CT molecular complexity index is 385. The fraction of sp³-hybridized carbons (Fsp3) is 0.182. The molecule has 0 saturated carbocycles. The van der Waals surface area contributed by atoms with E-state index in [0.29, 0.717) is 17.1 Å². The van der Waals surface area contributed by atoms with E-state index in [1.54, 1.807) is 18.2 Å². The highest BCUT2D eigenvalue weighted by atomic mass is 35.5. The highest BCUT2D eigenvalue weighted by Crippen LogP contribution is 2.27. The smallest absolute Gasteiger partial charge is 0.186 e. The molecule has 1 aromatic carbocycles. The van der Waals surface area contributed by atoms with Gasteiger partial charge in [0.1, 0.15) is 0 Å². The number of carbonyl (C=O) groups is 1. The van der Waals surface area contributed by atoms with Gasteiger partial charge in [-0.05, 0) is 24.3 Å². The van der Waals surface area contributed by atoms with Gasteiger partial charge in [0.15, 0.2) is 17.3 Å². The van der Waals surface area contributed by atoms with Crippen LogP contribution in [0.1, 0.15) is 10.4 Å². The number of hydrogen-bond acceptors (Lipinski definition) is 3. The quantitative estimate of drug-likeness (QED) is 0.585. The van der Waals surface area contributed by atoms with Crippen molar-refractivity contribution in [3.05, 3.63) is 35.4 Å². The maximum atomic E-state index is 11.4. The second-order valence-electron chi connectivity index (χ2n) is 2.73. The number of rotatable bonds is 4. The van der Waals surface area contributed by atoms with Crippen LogP contribution < -0.4 is 9.47 Å². The summed E-state index contributed by atoms with van der Waals surface area (Å²) in [6.45, 7) is 0. The Morgan fingerprint density at radius 2 is 1.93 bits per heavy atom. The fourth-order valence-corrected chi connectivity index (χ4v) is 1.26. The van der Waals surface area contributed by atoms with E-state index in [2.05, 4.69) is 0 Å². The van der Waals surface area contributed by atoms with Crippen molar-refractivity contribution in [2.75, 3.05) is 14.2 Å². The lowest BCUT2D eigenvalue weighted by atomic mass is 10.1. The molecule has 0 spiro atoms. The number of ketones is 1. The molecule has 3 nitrogen and oxygen atoms in total. The van der Waals surface area contributed by atoms with Crippen LogP contribution in [0, 0.1) is 0 Å². The zero-order valence-corrected chi connectivity index (χ0v) is 9.25. The molecule has 1 rings (SSSR count). The molecule has 0 unspecified atom stereocenters. The Balaban J connectivity index is 3.08. The Morgan fingerprint density at radius 1 is 1.27 bits per heavy atom. The van der Waals surface area contributed by atoms with Crippen molar-refractivity contribution in [3.63, 3.8) is 0 Å². The normalized spacial score (nSPS) is 10.3. The van der Waals surface area contributed by atoms with Crippen molar-refractivity contribution in [1.29, 1.82) is 0 Å². The first-order valence-corrected chi connectivity index (χ1v) is 4.69. The third kappa shape index (κ3) is 2.73. The van der Waals surface area contributed by atoms with E-state index in [9.17, 15) is 4.79 Å². The molecule has 0 N–H and O–H groups in total. The Kier molecular flexibility index (Phi) is 4.18. The number of methoxy groups -OCH3 is 2. The topological polar surface area (TPSA) is 35.5 Å². The molecule has 80 valence electrons. The van der Waals surface area contributed by atoms with Crippen LogP contribution in [0.25, 0.3) is 0 Å². The van der Waals surface area contributed by atoms with Gasteiger partial charge in [-0.2, -0.15) is 0 Å². The van der Waals surface area contributed by atoms with Crippen molar-refractivity contribution >= 4 is 17.4 Å². The number of hydrogen-bond donors (Lipinski definition) is 0. The summed E-state index contributed by atoms with van der Waals surface area (Å²) in [4.78, 5) is 11.4. The Labute approximate surface area is 93.3 Å². The van der Waals surface area contributed by atoms with Crippen LogP contribution in [0.2, 0.25) is 0 Å². The van der Waals surface area contributed by atoms with Gasteiger partial charge in [-0.3, -0.25) is 4.79 Å². The zero-order valence-electron chi connectivity index (χ0n) is 8.49. The van der Waals surface area contributed by atoms with E-state index in [1.165, 1.54) is 25.8 Å². The van der Waals surface area contributed by atoms with Gasteiger partial charge in [0.05, 0.1) is 14.2 Å². The van der Waals surface area contributed by atoms with Gasteiger partial charge in [-0.15, -0.1) is 0 Å². The number of halogens is 1. The van der Waals surface area contributed by atoms with Crippen LogP contribution in [0.5, 0.6) is 11.5 Å². The summed E-state index contributed by atoms with van der Waals surface area (Å²) in [7, 11) is 3.06. The summed E-state index contributed by atoms with van der Waals surface area (Å²) >= 11 is 5.32. The van der Waals surface area contributed by atoms with Gasteiger partial charge in [0.2, 0.25) is 0 Å². The lowest BCUT2D eigenvalue weighted by Gasteiger charge is -2.07. The van der Waals surface area contributed by atoms with Crippen LogP contribution in [-0.4, -0.2) is 20.0 Å². The van der Waals surface area contributed by atoms with E-state index in [-0.39, 0.29) is 5.78 Å². The molecule has 0 radical (unpaired) electrons. The van der Waals surface area contributed by atoms with Gasteiger partial charge < -0.3 is 9.47 Å². The molecule has 0 aliphatic heterocycles. The third-order valence-electron chi connectivity index (χ3n) is 1.88. The van der Waals surface area contributed by atoms with Crippen molar-refractivity contribution < 1.29 is 14.3 Å². The molecule has 0 bridgehead atoms. The molecule has 0 amide bonds. The van der Waals surface area contributed by atoms with Crippen molar-refractivity contribution in [2.24, 2.45) is 0 Å². The molecule has 4 heteroatoms. The van der Waals surface area contributed by atoms with Gasteiger partial charge in [-0.1, -0.05) is 11.6 Å². The molecule has 0 heterocycles. The lowest BCUT2D eigenvalue weighted by molar-refractivity contribution is 0.104. The molecule has 0 aliphatic carbocycles. The summed E-state index contributed by atoms with van der Waals surface area (Å²) in [5.74, 6) is 0.932. The van der Waals surface area contributed by atoms with Crippen LogP contribution in [0.15, 0.2) is 29.8 Å². The zero-order chi connectivity index (χ0) is 11.3. The van der Waals surface area contributed by atoms with E-state index >= 15 is 0 Å². The summed E-state index contributed by atoms with van der Waals surface area (Å²) < 4.78 is 10.1. The number of allylic oxidation sites excluding steroid dienone is 1. The monoisotopic (exact) mass is 226 g/mol. The molecule has 0 aliphatic rings. The largest absolute Gasteiger partial charge is 0.493 e. The summed E-state index contributed by atoms with van der Waals surface area (Å²) in [5.41, 5.74) is 1.68. The lowest BCUT2D eigenvalue weighted by Crippen LogP contribution is -1.97. The summed E-state index contributed by atoms with van der Waals surface area (Å²) in [5, 5.41) is 0. The highest BCUT2D eigenvalue weighted by molar-refractivity contribution is 6.27. The summed E-state index contributed by atoms with van der Waals surface area (Å²) in [6, 6.07) is 4.94. The number of ether oxygens (including phenoxy) is 2. The first-order valence-electron chi connectivity index (χ1n) is 4.26.